The van der Waals surface area contributed by atoms with Crippen molar-refractivity contribution in [3.8, 4) is 0 Å². The number of piperidine rings is 1. The normalized spacial score (nSPS) is 22.1. The number of nitrogens with zero attached hydrogens (tertiary/aromatic N) is 3. The van der Waals surface area contributed by atoms with Gasteiger partial charge in [-0.1, -0.05) is 19.3 Å². The van der Waals surface area contributed by atoms with E-state index in [4.69, 9.17) is 4.74 Å². The average molecular weight is 275 g/mol. The Labute approximate surface area is 121 Å². The molecule has 1 aromatic heterocycles. The van der Waals surface area contributed by atoms with Gasteiger partial charge in [0, 0.05) is 24.8 Å². The molecule has 1 saturated carbocycles. The van der Waals surface area contributed by atoms with Crippen molar-refractivity contribution in [1.82, 2.24) is 9.97 Å². The molecule has 3 rings (SSSR count). The molecular formula is C16H25N3O. The summed E-state index contributed by atoms with van der Waals surface area (Å²) in [6.45, 7) is 4.12. The molecule has 1 aromatic rings. The Kier molecular flexibility index (Phi) is 4.51. The summed E-state index contributed by atoms with van der Waals surface area (Å²) in [5.41, 5.74) is 1.04. The van der Waals surface area contributed by atoms with E-state index < -0.39 is 0 Å². The molecule has 4 nitrogen and oxygen atoms in total. The Morgan fingerprint density at radius 3 is 2.40 bits per heavy atom. The molecule has 1 aliphatic carbocycles. The summed E-state index contributed by atoms with van der Waals surface area (Å²) in [5.74, 6) is 1.06. The zero-order chi connectivity index (χ0) is 13.8. The minimum absolute atomic E-state index is 0.456. The quantitative estimate of drug-likeness (QED) is 0.849. The summed E-state index contributed by atoms with van der Waals surface area (Å²) in [6, 6.07) is 2.07. The minimum Gasteiger partial charge on any atom is -0.375 e. The van der Waals surface area contributed by atoms with Gasteiger partial charge >= 0.3 is 0 Å². The number of hydrogen-bond donors (Lipinski definition) is 0. The van der Waals surface area contributed by atoms with Crippen molar-refractivity contribution in [2.75, 3.05) is 18.0 Å². The van der Waals surface area contributed by atoms with Crippen LogP contribution in [0.15, 0.2) is 12.4 Å². The molecule has 1 aliphatic heterocycles. The molecule has 1 saturated heterocycles. The number of aromatic nitrogens is 2. The van der Waals surface area contributed by atoms with Crippen LogP contribution in [0.4, 0.5) is 5.82 Å². The molecule has 0 bridgehead atoms. The van der Waals surface area contributed by atoms with Gasteiger partial charge in [-0.2, -0.15) is 0 Å². The zero-order valence-electron chi connectivity index (χ0n) is 12.4. The van der Waals surface area contributed by atoms with E-state index in [0.717, 1.165) is 37.4 Å². The van der Waals surface area contributed by atoms with E-state index in [0.29, 0.717) is 12.2 Å². The number of anilines is 1. The average Bonchev–Trinajstić information content (AvgIpc) is 2.49. The summed E-state index contributed by atoms with van der Waals surface area (Å²) >= 11 is 0. The maximum atomic E-state index is 6.28. The minimum atomic E-state index is 0.456. The summed E-state index contributed by atoms with van der Waals surface area (Å²) in [4.78, 5) is 10.9. The van der Waals surface area contributed by atoms with Gasteiger partial charge in [0.2, 0.25) is 0 Å². The van der Waals surface area contributed by atoms with Gasteiger partial charge in [0.1, 0.15) is 12.1 Å². The van der Waals surface area contributed by atoms with Gasteiger partial charge in [-0.05, 0) is 32.6 Å². The van der Waals surface area contributed by atoms with Crippen LogP contribution in [0.3, 0.4) is 0 Å². The first-order valence-corrected chi connectivity index (χ1v) is 8.00. The van der Waals surface area contributed by atoms with Crippen molar-refractivity contribution in [3.05, 3.63) is 18.1 Å². The van der Waals surface area contributed by atoms with Crippen molar-refractivity contribution in [1.29, 1.82) is 0 Å². The van der Waals surface area contributed by atoms with E-state index in [1.165, 1.54) is 32.1 Å². The highest BCUT2D eigenvalue weighted by Gasteiger charge is 2.24. The Hall–Kier alpha value is -1.16. The largest absolute Gasteiger partial charge is 0.375 e. The smallest absolute Gasteiger partial charge is 0.132 e. The fourth-order valence-corrected chi connectivity index (χ4v) is 3.31. The number of hydrogen-bond acceptors (Lipinski definition) is 4. The molecule has 0 radical (unpaired) electrons. The van der Waals surface area contributed by atoms with E-state index in [9.17, 15) is 0 Å². The molecule has 110 valence electrons. The van der Waals surface area contributed by atoms with E-state index in [1.54, 1.807) is 6.33 Å². The monoisotopic (exact) mass is 275 g/mol. The summed E-state index contributed by atoms with van der Waals surface area (Å²) < 4.78 is 6.28. The Morgan fingerprint density at radius 1 is 1.00 bits per heavy atom. The van der Waals surface area contributed by atoms with Crippen LogP contribution in [-0.4, -0.2) is 35.3 Å². The Balaban J connectivity index is 1.49. The highest BCUT2D eigenvalue weighted by Crippen LogP contribution is 2.25. The van der Waals surface area contributed by atoms with Crippen LogP contribution in [0.25, 0.3) is 0 Å². The molecule has 0 N–H and O–H groups in total. The van der Waals surface area contributed by atoms with Crippen molar-refractivity contribution >= 4 is 5.82 Å². The predicted molar refractivity (Wildman–Crippen MR) is 80.0 cm³/mol. The lowest BCUT2D eigenvalue weighted by Crippen LogP contribution is -2.39. The van der Waals surface area contributed by atoms with Crippen molar-refractivity contribution in [2.24, 2.45) is 0 Å². The summed E-state index contributed by atoms with van der Waals surface area (Å²) in [6.07, 6.45) is 11.5. The molecule has 0 unspecified atom stereocenters. The van der Waals surface area contributed by atoms with Gasteiger partial charge in [0.25, 0.3) is 0 Å². The maximum absolute atomic E-state index is 6.28. The Morgan fingerprint density at radius 2 is 1.70 bits per heavy atom. The molecule has 0 aromatic carbocycles. The molecular weight excluding hydrogens is 250 g/mol. The van der Waals surface area contributed by atoms with Crippen LogP contribution in [0.2, 0.25) is 0 Å². The fraction of sp³-hybridized carbons (Fsp3) is 0.750. The highest BCUT2D eigenvalue weighted by atomic mass is 16.5. The molecule has 2 aliphatic rings. The van der Waals surface area contributed by atoms with Gasteiger partial charge < -0.3 is 9.64 Å². The number of rotatable bonds is 3. The maximum Gasteiger partial charge on any atom is 0.132 e. The predicted octanol–water partition coefficient (Wildman–Crippen LogP) is 3.10. The van der Waals surface area contributed by atoms with Gasteiger partial charge in [-0.3, -0.25) is 0 Å². The second-order valence-electron chi connectivity index (χ2n) is 6.10. The summed E-state index contributed by atoms with van der Waals surface area (Å²) in [5, 5.41) is 0. The highest BCUT2D eigenvalue weighted by molar-refractivity contribution is 5.39. The van der Waals surface area contributed by atoms with Crippen molar-refractivity contribution in [3.63, 3.8) is 0 Å². The third kappa shape index (κ3) is 3.48. The van der Waals surface area contributed by atoms with Crippen LogP contribution >= 0.6 is 0 Å². The zero-order valence-corrected chi connectivity index (χ0v) is 12.4. The van der Waals surface area contributed by atoms with Crippen molar-refractivity contribution in [2.45, 2.75) is 64.1 Å². The molecule has 2 fully saturated rings. The molecule has 0 spiro atoms. The molecule has 20 heavy (non-hydrogen) atoms. The van der Waals surface area contributed by atoms with Crippen LogP contribution in [0, 0.1) is 6.92 Å². The van der Waals surface area contributed by atoms with Crippen molar-refractivity contribution < 1.29 is 4.74 Å². The standard InChI is InChI=1S/C16H25N3O/c1-13-11-16(18-12-17-13)19-9-7-15(8-10-19)20-14-5-3-2-4-6-14/h11-12,14-15H,2-10H2,1H3. The third-order valence-corrected chi connectivity index (χ3v) is 4.49. The van der Waals surface area contributed by atoms with Crippen LogP contribution in [0.5, 0.6) is 0 Å². The fourth-order valence-electron chi connectivity index (χ4n) is 3.31. The van der Waals surface area contributed by atoms with Gasteiger partial charge in [0.15, 0.2) is 0 Å². The Bertz CT molecular complexity index is 423. The lowest BCUT2D eigenvalue weighted by Gasteiger charge is -2.35. The lowest BCUT2D eigenvalue weighted by atomic mass is 9.97. The topological polar surface area (TPSA) is 38.2 Å². The van der Waals surface area contributed by atoms with Gasteiger partial charge in [-0.15, -0.1) is 0 Å². The molecule has 2 heterocycles. The number of aryl methyl sites for hydroxylation is 1. The van der Waals surface area contributed by atoms with Gasteiger partial charge in [-0.25, -0.2) is 9.97 Å². The summed E-state index contributed by atoms with van der Waals surface area (Å²) in [7, 11) is 0. The molecule has 4 heteroatoms. The molecule has 0 atom stereocenters. The molecule has 0 amide bonds. The first kappa shape index (κ1) is 13.8. The number of ether oxygens (including phenoxy) is 1. The first-order chi connectivity index (χ1) is 9.81. The van der Waals surface area contributed by atoms with E-state index in [1.807, 2.05) is 6.92 Å². The first-order valence-electron chi connectivity index (χ1n) is 8.00. The van der Waals surface area contributed by atoms with Crippen LogP contribution < -0.4 is 4.90 Å². The second kappa shape index (κ2) is 6.53. The van der Waals surface area contributed by atoms with E-state index >= 15 is 0 Å². The van der Waals surface area contributed by atoms with E-state index in [-0.39, 0.29) is 0 Å². The lowest BCUT2D eigenvalue weighted by molar-refractivity contribution is -0.0395. The van der Waals surface area contributed by atoms with Crippen LogP contribution in [-0.2, 0) is 4.74 Å². The SMILES string of the molecule is Cc1cc(N2CCC(OC3CCCCC3)CC2)ncn1. The second-order valence-corrected chi connectivity index (χ2v) is 6.10. The van der Waals surface area contributed by atoms with E-state index in [2.05, 4.69) is 20.9 Å². The van der Waals surface area contributed by atoms with Crippen LogP contribution in [0.1, 0.15) is 50.6 Å². The third-order valence-electron chi connectivity index (χ3n) is 4.49. The van der Waals surface area contributed by atoms with Gasteiger partial charge in [0.05, 0.1) is 12.2 Å².